The van der Waals surface area contributed by atoms with Crippen LogP contribution in [0, 0.1) is 0 Å². The summed E-state index contributed by atoms with van der Waals surface area (Å²) in [7, 11) is 5.64. The first kappa shape index (κ1) is 17.7. The van der Waals surface area contributed by atoms with Gasteiger partial charge < -0.3 is 14.4 Å². The van der Waals surface area contributed by atoms with Gasteiger partial charge in [0.15, 0.2) is 5.82 Å². The lowest BCUT2D eigenvalue weighted by molar-refractivity contribution is -0.0397. The Morgan fingerprint density at radius 1 is 1.36 bits per heavy atom. The average Bonchev–Trinajstić information content (AvgIpc) is 3.09. The number of tetrazole rings is 1. The molecule has 1 fully saturated rings. The number of anilines is 1. The van der Waals surface area contributed by atoms with Gasteiger partial charge in [-0.15, -0.1) is 5.10 Å². The topological polar surface area (TPSA) is 81.4 Å². The fraction of sp³-hybridized carbons (Fsp3) is 0.625. The van der Waals surface area contributed by atoms with E-state index in [0.29, 0.717) is 19.8 Å². The van der Waals surface area contributed by atoms with Crippen molar-refractivity contribution < 1.29 is 9.47 Å². The Hall–Kier alpha value is -2.10. The van der Waals surface area contributed by atoms with Gasteiger partial charge in [0.05, 0.1) is 19.8 Å². The van der Waals surface area contributed by atoms with Crippen LogP contribution in [0.25, 0.3) is 0 Å². The van der Waals surface area contributed by atoms with E-state index in [9.17, 15) is 0 Å². The molecule has 2 aromatic rings. The van der Waals surface area contributed by atoms with Gasteiger partial charge in [-0.2, -0.15) is 0 Å². The van der Waals surface area contributed by atoms with Crippen LogP contribution in [0.15, 0.2) is 18.3 Å². The maximum Gasteiger partial charge on any atom is 0.181 e. The van der Waals surface area contributed by atoms with E-state index in [0.717, 1.165) is 31.3 Å². The Morgan fingerprint density at radius 3 is 2.96 bits per heavy atom. The van der Waals surface area contributed by atoms with E-state index < -0.39 is 0 Å². The zero-order valence-corrected chi connectivity index (χ0v) is 15.0. The highest BCUT2D eigenvalue weighted by Crippen LogP contribution is 2.21. The van der Waals surface area contributed by atoms with Gasteiger partial charge in [-0.1, -0.05) is 6.07 Å². The molecule has 0 aromatic carbocycles. The Bertz CT molecular complexity index is 659. The second-order valence-corrected chi connectivity index (χ2v) is 6.27. The number of nitrogens with zero attached hydrogens (tertiary/aromatic N) is 7. The zero-order chi connectivity index (χ0) is 17.6. The molecule has 0 amide bonds. The molecule has 0 bridgehead atoms. The Labute approximate surface area is 147 Å². The lowest BCUT2D eigenvalue weighted by Gasteiger charge is -2.32. The normalized spacial score (nSPS) is 18.4. The van der Waals surface area contributed by atoms with E-state index in [2.05, 4.69) is 31.5 Å². The molecule has 25 heavy (non-hydrogen) atoms. The summed E-state index contributed by atoms with van der Waals surface area (Å²) in [5.41, 5.74) is 1.19. The van der Waals surface area contributed by atoms with Crippen molar-refractivity contribution in [3.8, 4) is 0 Å². The van der Waals surface area contributed by atoms with Gasteiger partial charge in [0.1, 0.15) is 11.9 Å². The Kier molecular flexibility index (Phi) is 5.90. The minimum atomic E-state index is -0.130. The van der Waals surface area contributed by atoms with Crippen LogP contribution in [0.4, 0.5) is 5.82 Å². The monoisotopic (exact) mass is 347 g/mol. The second-order valence-electron chi connectivity index (χ2n) is 6.27. The van der Waals surface area contributed by atoms with Gasteiger partial charge >= 0.3 is 0 Å². The molecule has 9 nitrogen and oxygen atoms in total. The highest BCUT2D eigenvalue weighted by atomic mass is 16.5. The molecule has 2 aromatic heterocycles. The third-order valence-corrected chi connectivity index (χ3v) is 4.18. The van der Waals surface area contributed by atoms with Crippen LogP contribution < -0.4 is 4.90 Å². The third kappa shape index (κ3) is 4.50. The lowest BCUT2D eigenvalue weighted by Crippen LogP contribution is -2.39. The molecule has 1 atom stereocenters. The summed E-state index contributed by atoms with van der Waals surface area (Å²) in [5.74, 6) is 1.71. The fourth-order valence-corrected chi connectivity index (χ4v) is 2.81. The SMILES string of the molecule is COCCn1nnnc1C1CN(Cc2ccc(N(C)C)nc2)CCO1. The minimum Gasteiger partial charge on any atom is -0.383 e. The molecule has 136 valence electrons. The fourth-order valence-electron chi connectivity index (χ4n) is 2.81. The first-order chi connectivity index (χ1) is 12.2. The van der Waals surface area contributed by atoms with Gasteiger partial charge in [0.25, 0.3) is 0 Å². The van der Waals surface area contributed by atoms with E-state index in [4.69, 9.17) is 9.47 Å². The molecule has 0 aliphatic carbocycles. The van der Waals surface area contributed by atoms with E-state index >= 15 is 0 Å². The second kappa shape index (κ2) is 8.32. The predicted molar refractivity (Wildman–Crippen MR) is 92.2 cm³/mol. The first-order valence-corrected chi connectivity index (χ1v) is 8.38. The van der Waals surface area contributed by atoms with E-state index in [1.807, 2.05) is 31.3 Å². The molecule has 1 saturated heterocycles. The standard InChI is InChI=1S/C16H25N7O2/c1-21(2)15-5-4-13(10-17-15)11-22-6-9-25-14(12-22)16-18-19-20-23(16)7-8-24-3/h4-5,10,14H,6-9,11-12H2,1-3H3. The van der Waals surface area contributed by atoms with Gasteiger partial charge in [0.2, 0.25) is 0 Å². The summed E-state index contributed by atoms with van der Waals surface area (Å²) < 4.78 is 12.8. The molecule has 3 heterocycles. The summed E-state index contributed by atoms with van der Waals surface area (Å²) in [6.07, 6.45) is 1.80. The molecule has 9 heteroatoms. The van der Waals surface area contributed by atoms with Crippen molar-refractivity contribution in [3.05, 3.63) is 29.7 Å². The number of hydrogen-bond donors (Lipinski definition) is 0. The summed E-state index contributed by atoms with van der Waals surface area (Å²) in [6.45, 7) is 4.31. The lowest BCUT2D eigenvalue weighted by atomic mass is 10.2. The molecule has 1 aliphatic heterocycles. The zero-order valence-electron chi connectivity index (χ0n) is 15.0. The van der Waals surface area contributed by atoms with E-state index in [1.54, 1.807) is 11.8 Å². The van der Waals surface area contributed by atoms with Crippen LogP contribution in [0.5, 0.6) is 0 Å². The largest absolute Gasteiger partial charge is 0.383 e. The number of morpholine rings is 1. The van der Waals surface area contributed by atoms with Crippen LogP contribution in [-0.4, -0.2) is 77.6 Å². The van der Waals surface area contributed by atoms with Gasteiger partial charge in [0, 0.05) is 47.0 Å². The molecule has 3 rings (SSSR count). The molecule has 0 spiro atoms. The van der Waals surface area contributed by atoms with Crippen LogP contribution in [0.3, 0.4) is 0 Å². The number of hydrogen-bond acceptors (Lipinski definition) is 8. The van der Waals surface area contributed by atoms with Crippen molar-refractivity contribution >= 4 is 5.82 Å². The summed E-state index contributed by atoms with van der Waals surface area (Å²) in [5, 5.41) is 11.9. The van der Waals surface area contributed by atoms with Gasteiger partial charge in [-0.05, 0) is 22.1 Å². The van der Waals surface area contributed by atoms with Crippen molar-refractivity contribution in [1.29, 1.82) is 0 Å². The number of pyridine rings is 1. The smallest absolute Gasteiger partial charge is 0.181 e. The molecular formula is C16H25N7O2. The Morgan fingerprint density at radius 2 is 2.24 bits per heavy atom. The number of ether oxygens (including phenoxy) is 2. The van der Waals surface area contributed by atoms with Crippen molar-refractivity contribution in [2.24, 2.45) is 0 Å². The van der Waals surface area contributed by atoms with Crippen molar-refractivity contribution in [3.63, 3.8) is 0 Å². The quantitative estimate of drug-likeness (QED) is 0.710. The first-order valence-electron chi connectivity index (χ1n) is 8.38. The highest BCUT2D eigenvalue weighted by Gasteiger charge is 2.26. The van der Waals surface area contributed by atoms with Crippen LogP contribution in [0.1, 0.15) is 17.5 Å². The van der Waals surface area contributed by atoms with Gasteiger partial charge in [-0.3, -0.25) is 4.90 Å². The molecular weight excluding hydrogens is 322 g/mol. The summed E-state index contributed by atoms with van der Waals surface area (Å²) in [4.78, 5) is 8.82. The maximum absolute atomic E-state index is 5.89. The molecule has 0 saturated carbocycles. The van der Waals surface area contributed by atoms with E-state index in [1.165, 1.54) is 5.56 Å². The van der Waals surface area contributed by atoms with Crippen LogP contribution in [0.2, 0.25) is 0 Å². The molecule has 0 N–H and O–H groups in total. The summed E-state index contributed by atoms with van der Waals surface area (Å²) >= 11 is 0. The average molecular weight is 347 g/mol. The minimum absolute atomic E-state index is 0.130. The van der Waals surface area contributed by atoms with Crippen molar-refractivity contribution in [1.82, 2.24) is 30.1 Å². The molecule has 0 radical (unpaired) electrons. The van der Waals surface area contributed by atoms with Crippen molar-refractivity contribution in [2.75, 3.05) is 52.4 Å². The number of methoxy groups -OCH3 is 1. The van der Waals surface area contributed by atoms with Crippen molar-refractivity contribution in [2.45, 2.75) is 19.2 Å². The van der Waals surface area contributed by atoms with E-state index in [-0.39, 0.29) is 6.10 Å². The number of rotatable bonds is 7. The van der Waals surface area contributed by atoms with Crippen LogP contribution >= 0.6 is 0 Å². The van der Waals surface area contributed by atoms with Crippen LogP contribution in [-0.2, 0) is 22.6 Å². The summed E-state index contributed by atoms with van der Waals surface area (Å²) in [6, 6.07) is 4.16. The third-order valence-electron chi connectivity index (χ3n) is 4.18. The van der Waals surface area contributed by atoms with Gasteiger partial charge in [-0.25, -0.2) is 9.67 Å². The predicted octanol–water partition coefficient (Wildman–Crippen LogP) is 0.354. The molecule has 1 unspecified atom stereocenters. The maximum atomic E-state index is 5.89. The molecule has 1 aliphatic rings. The highest BCUT2D eigenvalue weighted by molar-refractivity contribution is 5.37. The number of aromatic nitrogens is 5. The Balaban J connectivity index is 1.62.